The first-order chi connectivity index (χ1) is 19.1. The van der Waals surface area contributed by atoms with Gasteiger partial charge in [-0.25, -0.2) is 15.0 Å². The maximum absolute atomic E-state index is 6.42. The average Bonchev–Trinajstić information content (AvgIpc) is 3.38. The van der Waals surface area contributed by atoms with Gasteiger partial charge in [-0.05, 0) is 86.4 Å². The van der Waals surface area contributed by atoms with E-state index in [4.69, 9.17) is 31.0 Å². The van der Waals surface area contributed by atoms with Crippen LogP contribution >= 0.6 is 11.6 Å². The molecule has 7 nitrogen and oxygen atoms in total. The summed E-state index contributed by atoms with van der Waals surface area (Å²) in [5.41, 5.74) is 6.62. The molecule has 3 aliphatic rings. The lowest BCUT2D eigenvalue weighted by Gasteiger charge is -2.31. The summed E-state index contributed by atoms with van der Waals surface area (Å²) in [5, 5.41) is 9.48. The number of hydrogen-bond donors (Lipinski definition) is 2. The number of ether oxygens (including phenoxy) is 2. The van der Waals surface area contributed by atoms with E-state index >= 15 is 0 Å². The van der Waals surface area contributed by atoms with Gasteiger partial charge in [0.25, 0.3) is 5.88 Å². The number of aromatic nitrogens is 3. The lowest BCUT2D eigenvalue weighted by Crippen LogP contribution is -2.42. The highest BCUT2D eigenvalue weighted by Crippen LogP contribution is 2.39. The Hall–Kier alpha value is -3.42. The Bertz CT molecular complexity index is 1540. The van der Waals surface area contributed by atoms with Crippen LogP contribution in [0.5, 0.6) is 11.6 Å². The minimum atomic E-state index is 0.384. The summed E-state index contributed by atoms with van der Waals surface area (Å²) in [6.07, 6.45) is 8.37. The second-order valence-electron chi connectivity index (χ2n) is 10.9. The van der Waals surface area contributed by atoms with Crippen LogP contribution in [0.3, 0.4) is 0 Å². The summed E-state index contributed by atoms with van der Waals surface area (Å²) in [7, 11) is 0. The van der Waals surface area contributed by atoms with Crippen molar-refractivity contribution in [2.45, 2.75) is 63.6 Å². The molecule has 2 aromatic heterocycles. The van der Waals surface area contributed by atoms with Gasteiger partial charge in [0.2, 0.25) is 5.95 Å². The molecule has 39 heavy (non-hydrogen) atoms. The Balaban J connectivity index is 1.00. The molecule has 2 N–H and O–H groups in total. The summed E-state index contributed by atoms with van der Waals surface area (Å²) in [5.74, 6) is 1.96. The standard InChI is InChI=1S/C31H32ClN5O2/c1-18-25-16-20(24-11-12-33-30-29(24)38-13-14-39-30)5-10-28(25)37-31(34-18)36-22-8-6-21(7-9-22)35-23-15-19-3-2-4-27(32)26(19)17-23/h2-5,10-12,16,21-23,35H,6-9,13-15,17H2,1H3,(H,34,36,37). The fourth-order valence-corrected chi connectivity index (χ4v) is 6.61. The highest BCUT2D eigenvalue weighted by molar-refractivity contribution is 6.31. The molecular formula is C31H32ClN5O2. The van der Waals surface area contributed by atoms with E-state index in [0.29, 0.717) is 48.9 Å². The van der Waals surface area contributed by atoms with E-state index in [1.165, 1.54) is 11.1 Å². The summed E-state index contributed by atoms with van der Waals surface area (Å²) < 4.78 is 11.5. The maximum atomic E-state index is 6.42. The zero-order valence-corrected chi connectivity index (χ0v) is 22.8. The van der Waals surface area contributed by atoms with Crippen molar-refractivity contribution < 1.29 is 9.47 Å². The molecule has 4 aromatic rings. The van der Waals surface area contributed by atoms with Gasteiger partial charge in [0.1, 0.15) is 13.2 Å². The Morgan fingerprint density at radius 3 is 2.62 bits per heavy atom. The molecule has 1 atom stereocenters. The number of rotatable bonds is 5. The first-order valence-corrected chi connectivity index (χ1v) is 14.3. The quantitative estimate of drug-likeness (QED) is 0.325. The van der Waals surface area contributed by atoms with Gasteiger partial charge in [0.05, 0.1) is 11.2 Å². The van der Waals surface area contributed by atoms with Crippen molar-refractivity contribution in [3.63, 3.8) is 0 Å². The number of nitrogens with zero attached hydrogens (tertiary/aromatic N) is 3. The van der Waals surface area contributed by atoms with E-state index in [1.54, 1.807) is 6.20 Å². The zero-order chi connectivity index (χ0) is 26.3. The lowest BCUT2D eigenvalue weighted by atomic mass is 9.90. The fraction of sp³-hybridized carbons (Fsp3) is 0.387. The van der Waals surface area contributed by atoms with Crippen molar-refractivity contribution in [2.75, 3.05) is 18.5 Å². The van der Waals surface area contributed by atoms with Crippen molar-refractivity contribution in [1.82, 2.24) is 20.3 Å². The molecular weight excluding hydrogens is 510 g/mol. The number of fused-ring (bicyclic) bond motifs is 3. The minimum absolute atomic E-state index is 0.384. The maximum Gasteiger partial charge on any atom is 0.257 e. The molecule has 0 saturated heterocycles. The number of aryl methyl sites for hydroxylation is 1. The minimum Gasteiger partial charge on any atom is -0.484 e. The molecule has 1 fully saturated rings. The molecule has 7 rings (SSSR count). The molecule has 200 valence electrons. The second-order valence-corrected chi connectivity index (χ2v) is 11.3. The third kappa shape index (κ3) is 4.90. The Labute approximate surface area is 233 Å². The molecule has 0 amide bonds. The molecule has 3 heterocycles. The molecule has 2 aromatic carbocycles. The third-order valence-corrected chi connectivity index (χ3v) is 8.66. The van der Waals surface area contributed by atoms with E-state index < -0.39 is 0 Å². The van der Waals surface area contributed by atoms with Gasteiger partial charge in [-0.1, -0.05) is 29.8 Å². The second kappa shape index (κ2) is 10.3. The third-order valence-electron chi connectivity index (χ3n) is 8.30. The Kier molecular flexibility index (Phi) is 6.49. The van der Waals surface area contributed by atoms with Crippen molar-refractivity contribution in [2.24, 2.45) is 0 Å². The van der Waals surface area contributed by atoms with Crippen LogP contribution in [0.25, 0.3) is 22.0 Å². The largest absolute Gasteiger partial charge is 0.484 e. The topological polar surface area (TPSA) is 81.2 Å². The monoisotopic (exact) mass is 541 g/mol. The molecule has 8 heteroatoms. The predicted octanol–water partition coefficient (Wildman–Crippen LogP) is 5.90. The highest BCUT2D eigenvalue weighted by Gasteiger charge is 2.28. The molecule has 2 aliphatic carbocycles. The summed E-state index contributed by atoms with van der Waals surface area (Å²) >= 11 is 6.42. The van der Waals surface area contributed by atoms with Gasteiger partial charge in [0.15, 0.2) is 5.75 Å². The van der Waals surface area contributed by atoms with Gasteiger partial charge in [-0.3, -0.25) is 0 Å². The highest BCUT2D eigenvalue weighted by atomic mass is 35.5. The van der Waals surface area contributed by atoms with Crippen LogP contribution in [0, 0.1) is 6.92 Å². The van der Waals surface area contributed by atoms with Crippen LogP contribution in [-0.2, 0) is 12.8 Å². The Morgan fingerprint density at radius 1 is 0.897 bits per heavy atom. The smallest absolute Gasteiger partial charge is 0.257 e. The van der Waals surface area contributed by atoms with Crippen LogP contribution in [0.4, 0.5) is 5.95 Å². The van der Waals surface area contributed by atoms with Crippen molar-refractivity contribution in [3.8, 4) is 22.8 Å². The summed E-state index contributed by atoms with van der Waals surface area (Å²) in [6, 6.07) is 15.9. The Morgan fingerprint density at radius 2 is 1.74 bits per heavy atom. The fourth-order valence-electron chi connectivity index (χ4n) is 6.34. The van der Waals surface area contributed by atoms with E-state index in [0.717, 1.165) is 71.3 Å². The lowest BCUT2D eigenvalue weighted by molar-refractivity contribution is 0.165. The van der Waals surface area contributed by atoms with Crippen molar-refractivity contribution in [1.29, 1.82) is 0 Å². The van der Waals surface area contributed by atoms with Crippen LogP contribution in [0.1, 0.15) is 42.5 Å². The summed E-state index contributed by atoms with van der Waals surface area (Å²) in [4.78, 5) is 14.0. The molecule has 0 spiro atoms. The number of anilines is 1. The first-order valence-electron chi connectivity index (χ1n) is 13.9. The van der Waals surface area contributed by atoms with Crippen LogP contribution in [0.2, 0.25) is 5.02 Å². The molecule has 1 saturated carbocycles. The van der Waals surface area contributed by atoms with Gasteiger partial charge < -0.3 is 20.1 Å². The molecule has 0 radical (unpaired) electrons. The van der Waals surface area contributed by atoms with Gasteiger partial charge >= 0.3 is 0 Å². The first kappa shape index (κ1) is 24.6. The van der Waals surface area contributed by atoms with Crippen molar-refractivity contribution >= 4 is 28.5 Å². The van der Waals surface area contributed by atoms with Crippen LogP contribution < -0.4 is 20.1 Å². The average molecular weight is 542 g/mol. The number of benzene rings is 2. The van der Waals surface area contributed by atoms with E-state index in [1.807, 2.05) is 19.1 Å². The van der Waals surface area contributed by atoms with E-state index in [2.05, 4.69) is 45.9 Å². The van der Waals surface area contributed by atoms with Gasteiger partial charge in [-0.2, -0.15) is 0 Å². The van der Waals surface area contributed by atoms with Crippen LogP contribution in [-0.4, -0.2) is 46.3 Å². The van der Waals surface area contributed by atoms with E-state index in [-0.39, 0.29) is 0 Å². The van der Waals surface area contributed by atoms with Gasteiger partial charge in [-0.15, -0.1) is 0 Å². The SMILES string of the molecule is Cc1nc(NC2CCC(NC3Cc4cccc(Cl)c4C3)CC2)nc2ccc(-c3ccnc4c3OCCO4)cc12. The van der Waals surface area contributed by atoms with Gasteiger partial charge in [0, 0.05) is 40.3 Å². The summed E-state index contributed by atoms with van der Waals surface area (Å²) in [6.45, 7) is 3.10. The van der Waals surface area contributed by atoms with Crippen LogP contribution in [0.15, 0.2) is 48.7 Å². The number of nitrogens with one attached hydrogen (secondary N) is 2. The van der Waals surface area contributed by atoms with Crippen molar-refractivity contribution in [3.05, 3.63) is 70.5 Å². The van der Waals surface area contributed by atoms with E-state index in [9.17, 15) is 0 Å². The molecule has 0 bridgehead atoms. The molecule has 1 unspecified atom stereocenters. The number of hydrogen-bond acceptors (Lipinski definition) is 7. The molecule has 1 aliphatic heterocycles. The normalized spacial score (nSPS) is 22.1. The predicted molar refractivity (Wildman–Crippen MR) is 154 cm³/mol. The zero-order valence-electron chi connectivity index (χ0n) is 22.0. The number of pyridine rings is 1. The number of halogens is 1.